The first kappa shape index (κ1) is 32.8. The molecule has 0 saturated carbocycles. The SMILES string of the molecule is CCC(CC(C)C(=O)OCCO)n1c2ccc(SOO[O-])cc2c2cc(S(=O)(=O)[O-])ccc21.[Na+].[Na+]. The monoisotopic (exact) mass is 543 g/mol. The van der Waals surface area contributed by atoms with E-state index in [1.807, 2.05) is 11.5 Å². The van der Waals surface area contributed by atoms with Crippen LogP contribution in [-0.2, 0) is 29.0 Å². The predicted molar refractivity (Wildman–Crippen MR) is 117 cm³/mol. The van der Waals surface area contributed by atoms with Crippen LogP contribution >= 0.6 is 12.0 Å². The molecule has 0 aliphatic rings. The Balaban J connectivity index is 0.00000306. The molecular weight excluding hydrogens is 520 g/mol. The number of esters is 1. The fourth-order valence-corrected chi connectivity index (χ4v) is 4.81. The molecule has 10 nitrogen and oxygen atoms in total. The van der Waals surface area contributed by atoms with Crippen molar-refractivity contribution in [1.29, 1.82) is 0 Å². The summed E-state index contributed by atoms with van der Waals surface area (Å²) in [6.07, 6.45) is 1.09. The zero-order valence-electron chi connectivity index (χ0n) is 19.9. The van der Waals surface area contributed by atoms with Crippen LogP contribution in [0.15, 0.2) is 46.2 Å². The molecule has 3 rings (SSSR count). The van der Waals surface area contributed by atoms with E-state index >= 15 is 0 Å². The van der Waals surface area contributed by atoms with Gasteiger partial charge in [-0.25, -0.2) is 8.42 Å². The minimum absolute atomic E-state index is 0. The molecule has 0 amide bonds. The van der Waals surface area contributed by atoms with Gasteiger partial charge in [0.15, 0.2) is 0 Å². The van der Waals surface area contributed by atoms with E-state index in [0.717, 1.165) is 5.52 Å². The molecule has 2 unspecified atom stereocenters. The smallest absolute Gasteiger partial charge is 0.744 e. The Kier molecular flexibility index (Phi) is 13.8. The second kappa shape index (κ2) is 14.7. The standard InChI is InChI=1S/C21H25NO9S2.2Na/c1-3-14(10-13(2)21(24)29-9-8-23)22-19-6-4-15(32-31-30-25)11-17(19)18-12-16(33(26,27)28)5-7-20(18)22;;/h4-7,11-14,23,25H,3,8-10H2,1-2H3,(H,26,27,28);;/q;2*+1/p-2. The minimum atomic E-state index is -4.67. The molecule has 0 saturated heterocycles. The van der Waals surface area contributed by atoms with Crippen molar-refractivity contribution in [2.45, 2.75) is 42.5 Å². The van der Waals surface area contributed by atoms with Crippen LogP contribution in [0.1, 0.15) is 32.7 Å². The van der Waals surface area contributed by atoms with Crippen molar-refractivity contribution in [2.75, 3.05) is 13.2 Å². The summed E-state index contributed by atoms with van der Waals surface area (Å²) >= 11 is 0.694. The molecule has 14 heteroatoms. The van der Waals surface area contributed by atoms with E-state index in [1.165, 1.54) is 12.1 Å². The van der Waals surface area contributed by atoms with Gasteiger partial charge in [0.05, 0.1) is 29.5 Å². The Hall–Kier alpha value is -0.190. The minimum Gasteiger partial charge on any atom is -0.744 e. The number of hydrogen-bond acceptors (Lipinski definition) is 10. The van der Waals surface area contributed by atoms with Gasteiger partial charge in [-0.2, -0.15) is 4.33 Å². The van der Waals surface area contributed by atoms with Gasteiger partial charge in [0.2, 0.25) is 0 Å². The van der Waals surface area contributed by atoms with E-state index in [9.17, 15) is 23.0 Å². The molecule has 0 aliphatic carbocycles. The number of ether oxygens (including phenoxy) is 1. The van der Waals surface area contributed by atoms with Crippen LogP contribution < -0.4 is 64.4 Å². The van der Waals surface area contributed by atoms with Gasteiger partial charge in [0, 0.05) is 32.7 Å². The first-order chi connectivity index (χ1) is 15.7. The van der Waals surface area contributed by atoms with E-state index in [0.29, 0.717) is 46.1 Å². The molecule has 0 aliphatic heterocycles. The van der Waals surface area contributed by atoms with Gasteiger partial charge in [-0.3, -0.25) is 9.83 Å². The maximum absolute atomic E-state index is 12.3. The van der Waals surface area contributed by atoms with Gasteiger partial charge in [-0.1, -0.05) is 13.8 Å². The van der Waals surface area contributed by atoms with Crippen molar-refractivity contribution in [3.8, 4) is 0 Å². The summed E-state index contributed by atoms with van der Waals surface area (Å²) in [5.74, 6) is -0.871. The maximum Gasteiger partial charge on any atom is 1.00 e. The first-order valence-electron chi connectivity index (χ1n) is 10.2. The molecule has 1 heterocycles. The van der Waals surface area contributed by atoms with Crippen LogP contribution in [0.4, 0.5) is 0 Å². The summed E-state index contributed by atoms with van der Waals surface area (Å²) < 4.78 is 46.3. The van der Waals surface area contributed by atoms with Crippen LogP contribution in [0.5, 0.6) is 0 Å². The summed E-state index contributed by atoms with van der Waals surface area (Å²) in [6.45, 7) is 3.38. The molecule has 0 spiro atoms. The van der Waals surface area contributed by atoms with Crippen LogP contribution in [0.3, 0.4) is 0 Å². The Morgan fingerprint density at radius 2 is 1.77 bits per heavy atom. The van der Waals surface area contributed by atoms with Gasteiger partial charge in [0.1, 0.15) is 16.7 Å². The molecule has 1 aromatic heterocycles. The molecule has 2 atom stereocenters. The molecule has 35 heavy (non-hydrogen) atoms. The maximum atomic E-state index is 12.3. The number of rotatable bonds is 11. The van der Waals surface area contributed by atoms with Crippen LogP contribution in [-0.4, -0.2) is 41.8 Å². The number of aliphatic hydroxyl groups is 1. The summed E-state index contributed by atoms with van der Waals surface area (Å²) in [7, 11) is -4.67. The van der Waals surface area contributed by atoms with Crippen LogP contribution in [0.2, 0.25) is 0 Å². The van der Waals surface area contributed by atoms with Gasteiger partial charge in [-0.15, -0.1) is 0 Å². The number of aliphatic hydroxyl groups excluding tert-OH is 1. The predicted octanol–water partition coefficient (Wildman–Crippen LogP) is -3.55. The third-order valence-corrected chi connectivity index (χ3v) is 6.79. The average molecular weight is 544 g/mol. The zero-order chi connectivity index (χ0) is 24.2. The van der Waals surface area contributed by atoms with E-state index in [1.54, 1.807) is 31.2 Å². The first-order valence-corrected chi connectivity index (χ1v) is 12.3. The molecule has 2 aromatic carbocycles. The Labute approximate surface area is 251 Å². The van der Waals surface area contributed by atoms with Gasteiger partial charge in [-0.05, 0) is 49.2 Å². The van der Waals surface area contributed by atoms with E-state index in [4.69, 9.17) is 9.84 Å². The molecule has 0 radical (unpaired) electrons. The summed E-state index contributed by atoms with van der Waals surface area (Å²) in [5.41, 5.74) is 1.43. The number of nitrogens with zero attached hydrogens (tertiary/aromatic N) is 1. The van der Waals surface area contributed by atoms with Gasteiger partial charge >= 0.3 is 65.1 Å². The van der Waals surface area contributed by atoms with E-state index < -0.39 is 22.0 Å². The summed E-state index contributed by atoms with van der Waals surface area (Å²) in [6, 6.07) is 9.19. The van der Waals surface area contributed by atoms with Crippen molar-refractivity contribution in [3.63, 3.8) is 0 Å². The third kappa shape index (κ3) is 7.90. The van der Waals surface area contributed by atoms with Gasteiger partial charge < -0.3 is 24.2 Å². The number of fused-ring (bicyclic) bond motifs is 3. The molecule has 0 bridgehead atoms. The zero-order valence-corrected chi connectivity index (χ0v) is 25.6. The van der Waals surface area contributed by atoms with Crippen LogP contribution in [0, 0.1) is 5.92 Å². The largest absolute Gasteiger partial charge is 1.00 e. The molecular formula is C21H23NNa2O9S2. The number of aromatic nitrogens is 1. The molecule has 0 fully saturated rings. The quantitative estimate of drug-likeness (QED) is 0.0643. The van der Waals surface area contributed by atoms with Crippen LogP contribution in [0.25, 0.3) is 21.8 Å². The number of benzene rings is 2. The Morgan fingerprint density at radius 1 is 1.14 bits per heavy atom. The second-order valence-corrected chi connectivity index (χ2v) is 9.65. The normalized spacial score (nSPS) is 13.2. The number of carbonyl (C=O) groups is 1. The van der Waals surface area contributed by atoms with Crippen molar-refractivity contribution in [3.05, 3.63) is 36.4 Å². The van der Waals surface area contributed by atoms with E-state index in [-0.39, 0.29) is 83.3 Å². The molecule has 3 aromatic rings. The number of carbonyl (C=O) groups excluding carboxylic acids is 1. The van der Waals surface area contributed by atoms with Crippen molar-refractivity contribution in [1.82, 2.24) is 4.57 Å². The Morgan fingerprint density at radius 3 is 2.34 bits per heavy atom. The third-order valence-electron chi connectivity index (χ3n) is 5.39. The molecule has 1 N–H and O–H groups in total. The summed E-state index contributed by atoms with van der Waals surface area (Å²) in [5, 5.41) is 23.6. The van der Waals surface area contributed by atoms with Crippen molar-refractivity contribution in [2.24, 2.45) is 5.92 Å². The fraction of sp³-hybridized carbons (Fsp3) is 0.381. The molecule has 180 valence electrons. The fourth-order valence-electron chi connectivity index (χ4n) is 3.91. The average Bonchev–Trinajstić information content (AvgIpc) is 3.11. The second-order valence-electron chi connectivity index (χ2n) is 7.49. The topological polar surface area (TPSA) is 150 Å². The van der Waals surface area contributed by atoms with E-state index in [2.05, 4.69) is 9.37 Å². The van der Waals surface area contributed by atoms with Crippen molar-refractivity contribution < 1.29 is 101 Å². The Bertz CT molecular complexity index is 1250. The summed E-state index contributed by atoms with van der Waals surface area (Å²) in [4.78, 5) is 12.4. The van der Waals surface area contributed by atoms with Crippen molar-refractivity contribution >= 4 is 49.9 Å². The number of hydrogen-bond donors (Lipinski definition) is 1. The van der Waals surface area contributed by atoms with Gasteiger partial charge in [0.25, 0.3) is 0 Å².